The number of aromatic nitrogens is 2. The Morgan fingerprint density at radius 3 is 2.46 bits per heavy atom. The third kappa shape index (κ3) is 4.17. The van der Waals surface area contributed by atoms with Crippen LogP contribution in [-0.4, -0.2) is 28.1 Å². The second-order valence-corrected chi connectivity index (χ2v) is 7.64. The lowest BCUT2D eigenvalue weighted by molar-refractivity contribution is -0.117. The molecule has 0 spiro atoms. The Labute approximate surface area is 159 Å². The molecule has 26 heavy (non-hydrogen) atoms. The Bertz CT molecular complexity index is 925. The number of anilines is 1. The Balaban J connectivity index is 1.76. The first-order valence-corrected chi connectivity index (χ1v) is 10.0. The van der Waals surface area contributed by atoms with Gasteiger partial charge >= 0.3 is 0 Å². The van der Waals surface area contributed by atoms with Crippen LogP contribution in [0, 0.1) is 0 Å². The highest BCUT2D eigenvalue weighted by atomic mass is 32.2. The molecule has 132 valence electrons. The van der Waals surface area contributed by atoms with Crippen LogP contribution < -0.4 is 5.32 Å². The van der Waals surface area contributed by atoms with E-state index in [0.29, 0.717) is 16.3 Å². The zero-order chi connectivity index (χ0) is 18.5. The van der Waals surface area contributed by atoms with Gasteiger partial charge in [-0.15, -0.1) is 10.2 Å². The van der Waals surface area contributed by atoms with Crippen LogP contribution in [-0.2, 0) is 4.79 Å². The van der Waals surface area contributed by atoms with E-state index in [1.165, 1.54) is 23.1 Å². The summed E-state index contributed by atoms with van der Waals surface area (Å²) >= 11 is 2.81. The van der Waals surface area contributed by atoms with Gasteiger partial charge in [0.1, 0.15) is 0 Å². The predicted octanol–water partition coefficient (Wildman–Crippen LogP) is 4.23. The second kappa shape index (κ2) is 8.25. The quantitative estimate of drug-likeness (QED) is 0.392. The summed E-state index contributed by atoms with van der Waals surface area (Å²) in [6.07, 6.45) is 1.91. The summed E-state index contributed by atoms with van der Waals surface area (Å²) in [6, 6.07) is 16.3. The van der Waals surface area contributed by atoms with Gasteiger partial charge in [-0.2, -0.15) is 0 Å². The molecule has 3 rings (SSSR count). The van der Waals surface area contributed by atoms with E-state index < -0.39 is 5.92 Å². The van der Waals surface area contributed by atoms with Gasteiger partial charge in [0.05, 0.1) is 5.92 Å². The molecular weight excluding hydrogens is 366 g/mol. The topological polar surface area (TPSA) is 72.0 Å². The van der Waals surface area contributed by atoms with Crippen LogP contribution in [0.25, 0.3) is 0 Å². The van der Waals surface area contributed by atoms with Crippen molar-refractivity contribution in [3.8, 4) is 0 Å². The lowest BCUT2D eigenvalue weighted by atomic mass is 9.95. The molecule has 0 radical (unpaired) electrons. The van der Waals surface area contributed by atoms with Gasteiger partial charge in [-0.05, 0) is 24.8 Å². The first-order chi connectivity index (χ1) is 12.6. The molecule has 1 aromatic heterocycles. The number of hydrogen-bond donors (Lipinski definition) is 1. The van der Waals surface area contributed by atoms with Crippen molar-refractivity contribution in [1.82, 2.24) is 10.2 Å². The number of ketones is 1. The summed E-state index contributed by atoms with van der Waals surface area (Å²) in [7, 11) is 0. The Hall–Kier alpha value is -2.51. The Morgan fingerprint density at radius 2 is 1.77 bits per heavy atom. The van der Waals surface area contributed by atoms with Gasteiger partial charge in [0, 0.05) is 11.1 Å². The molecule has 0 fully saturated rings. The number of rotatable bonds is 6. The number of thioether (sulfide) groups is 1. The minimum atomic E-state index is -0.417. The molecule has 1 amide bonds. The number of nitrogens with one attached hydrogen (secondary N) is 1. The molecule has 0 unspecified atom stereocenters. The number of amides is 1. The van der Waals surface area contributed by atoms with Gasteiger partial charge in [-0.25, -0.2) is 0 Å². The van der Waals surface area contributed by atoms with Crippen molar-refractivity contribution in [1.29, 1.82) is 0 Å². The van der Waals surface area contributed by atoms with Gasteiger partial charge in [-0.3, -0.25) is 14.9 Å². The SMILES string of the molecule is CSc1nnc(NC(=O)[C@@H](C)c2cccc(C(=O)c3ccccc3)c2)s1. The van der Waals surface area contributed by atoms with E-state index >= 15 is 0 Å². The van der Waals surface area contributed by atoms with Crippen LogP contribution in [0.5, 0.6) is 0 Å². The van der Waals surface area contributed by atoms with Crippen molar-refractivity contribution in [3.05, 3.63) is 71.3 Å². The standard InChI is InChI=1S/C19H17N3O2S2/c1-12(17(24)20-18-21-22-19(25-2)26-18)14-9-6-10-15(11-14)16(23)13-7-4-3-5-8-13/h3-12H,1-2H3,(H,20,21,24)/t12-/m0/s1. The molecule has 0 aliphatic heterocycles. The molecule has 3 aromatic rings. The second-order valence-electron chi connectivity index (χ2n) is 5.61. The number of hydrogen-bond acceptors (Lipinski definition) is 6. The van der Waals surface area contributed by atoms with E-state index in [1.807, 2.05) is 30.5 Å². The first-order valence-electron chi connectivity index (χ1n) is 7.96. The molecule has 1 heterocycles. The average Bonchev–Trinajstić information content (AvgIpc) is 3.15. The maximum Gasteiger partial charge on any atom is 0.233 e. The highest BCUT2D eigenvalue weighted by Gasteiger charge is 2.19. The van der Waals surface area contributed by atoms with Gasteiger partial charge in [-0.1, -0.05) is 71.6 Å². The summed E-state index contributed by atoms with van der Waals surface area (Å²) < 4.78 is 0.795. The van der Waals surface area contributed by atoms with E-state index in [-0.39, 0.29) is 11.7 Å². The van der Waals surface area contributed by atoms with Crippen LogP contribution in [0.4, 0.5) is 5.13 Å². The molecule has 1 N–H and O–H groups in total. The summed E-state index contributed by atoms with van der Waals surface area (Å²) in [5.41, 5.74) is 1.97. The molecule has 2 aromatic carbocycles. The maximum atomic E-state index is 12.6. The molecule has 0 aliphatic carbocycles. The fourth-order valence-electron chi connectivity index (χ4n) is 2.41. The molecule has 5 nitrogen and oxygen atoms in total. The number of benzene rings is 2. The minimum Gasteiger partial charge on any atom is -0.300 e. The molecular formula is C19H17N3O2S2. The van der Waals surface area contributed by atoms with Crippen molar-refractivity contribution < 1.29 is 9.59 Å². The fraction of sp³-hybridized carbons (Fsp3) is 0.158. The third-order valence-electron chi connectivity index (χ3n) is 3.89. The van der Waals surface area contributed by atoms with Crippen LogP contribution in [0.3, 0.4) is 0 Å². The highest BCUT2D eigenvalue weighted by Crippen LogP contribution is 2.25. The van der Waals surface area contributed by atoms with Crippen molar-refractivity contribution in [2.75, 3.05) is 11.6 Å². The normalized spacial score (nSPS) is 11.8. The van der Waals surface area contributed by atoms with Crippen molar-refractivity contribution in [2.45, 2.75) is 17.2 Å². The van der Waals surface area contributed by atoms with E-state index in [9.17, 15) is 9.59 Å². The molecule has 1 atom stereocenters. The van der Waals surface area contributed by atoms with E-state index in [0.717, 1.165) is 9.90 Å². The van der Waals surface area contributed by atoms with Gasteiger partial charge < -0.3 is 0 Å². The minimum absolute atomic E-state index is 0.0613. The Kier molecular flexibility index (Phi) is 5.80. The number of nitrogens with zero attached hydrogens (tertiary/aromatic N) is 2. The van der Waals surface area contributed by atoms with Gasteiger partial charge in [0.25, 0.3) is 0 Å². The maximum absolute atomic E-state index is 12.6. The fourth-order valence-corrected chi connectivity index (χ4v) is 3.59. The van der Waals surface area contributed by atoms with Crippen molar-refractivity contribution in [2.24, 2.45) is 0 Å². The summed E-state index contributed by atoms with van der Waals surface area (Å²) in [5.74, 6) is -0.660. The lowest BCUT2D eigenvalue weighted by Crippen LogP contribution is -2.19. The first kappa shape index (κ1) is 18.3. The molecule has 0 bridgehead atoms. The average molecular weight is 383 g/mol. The van der Waals surface area contributed by atoms with Gasteiger partial charge in [0.2, 0.25) is 11.0 Å². The molecule has 7 heteroatoms. The van der Waals surface area contributed by atoms with E-state index in [1.54, 1.807) is 37.3 Å². The molecule has 0 aliphatic rings. The summed E-state index contributed by atoms with van der Waals surface area (Å²) in [6.45, 7) is 1.80. The summed E-state index contributed by atoms with van der Waals surface area (Å²) in [5, 5.41) is 11.2. The summed E-state index contributed by atoms with van der Waals surface area (Å²) in [4.78, 5) is 25.1. The van der Waals surface area contributed by atoms with Gasteiger partial charge in [0.15, 0.2) is 10.1 Å². The molecule has 0 saturated carbocycles. The monoisotopic (exact) mass is 383 g/mol. The van der Waals surface area contributed by atoms with Crippen LogP contribution in [0.15, 0.2) is 58.9 Å². The highest BCUT2D eigenvalue weighted by molar-refractivity contribution is 8.00. The zero-order valence-electron chi connectivity index (χ0n) is 14.3. The Morgan fingerprint density at radius 1 is 1.04 bits per heavy atom. The van der Waals surface area contributed by atoms with E-state index in [4.69, 9.17) is 0 Å². The van der Waals surface area contributed by atoms with Crippen LogP contribution >= 0.6 is 23.1 Å². The largest absolute Gasteiger partial charge is 0.300 e. The third-order valence-corrected chi connectivity index (χ3v) is 5.70. The number of carbonyl (C=O) groups excluding carboxylic acids is 2. The van der Waals surface area contributed by atoms with E-state index in [2.05, 4.69) is 15.5 Å². The number of carbonyl (C=O) groups is 2. The van der Waals surface area contributed by atoms with Crippen LogP contribution in [0.2, 0.25) is 0 Å². The zero-order valence-corrected chi connectivity index (χ0v) is 15.9. The smallest absolute Gasteiger partial charge is 0.233 e. The van der Waals surface area contributed by atoms with Crippen LogP contribution in [0.1, 0.15) is 34.3 Å². The lowest BCUT2D eigenvalue weighted by Gasteiger charge is -2.12. The van der Waals surface area contributed by atoms with Crippen molar-refractivity contribution in [3.63, 3.8) is 0 Å². The predicted molar refractivity (Wildman–Crippen MR) is 105 cm³/mol. The van der Waals surface area contributed by atoms with Crippen molar-refractivity contribution >= 4 is 39.9 Å². The molecule has 0 saturated heterocycles.